The van der Waals surface area contributed by atoms with Crippen LogP contribution >= 0.6 is 0 Å². The molecule has 190 valence electrons. The summed E-state index contributed by atoms with van der Waals surface area (Å²) >= 11 is 0. The van der Waals surface area contributed by atoms with Crippen LogP contribution in [0.1, 0.15) is 22.1 Å². The Morgan fingerprint density at radius 3 is 2.51 bits per heavy atom. The number of ether oxygens (including phenoxy) is 1. The Balaban J connectivity index is 1.70. The Hall–Kier alpha value is -3.64. The number of H-pyrrole nitrogens is 1. The SMILES string of the molecule is O=C1NCc2c1c1c3cc(F)ccc3n([C@@H]3O[C@H](CO)C(F)[C@H](O)[C@H]3O)c1c1[nH]c3ccc(F)cc3c21. The van der Waals surface area contributed by atoms with Gasteiger partial charge in [0.1, 0.15) is 29.9 Å². The van der Waals surface area contributed by atoms with Crippen LogP contribution in [0.3, 0.4) is 0 Å². The minimum atomic E-state index is -2.05. The lowest BCUT2D eigenvalue weighted by Gasteiger charge is -2.40. The number of carbonyl (C=O) groups is 1. The fraction of sp³-hybridized carbons (Fsp3) is 0.269. The smallest absolute Gasteiger partial charge is 0.252 e. The predicted octanol–water partition coefficient (Wildman–Crippen LogP) is 2.90. The van der Waals surface area contributed by atoms with Crippen LogP contribution in [0.4, 0.5) is 13.2 Å². The monoisotopic (exact) mass is 511 g/mol. The van der Waals surface area contributed by atoms with Gasteiger partial charge in [0.2, 0.25) is 0 Å². The minimum absolute atomic E-state index is 0.170. The maximum atomic E-state index is 14.6. The van der Waals surface area contributed by atoms with E-state index in [2.05, 4.69) is 10.3 Å². The number of nitrogens with zero attached hydrogens (tertiary/aromatic N) is 1. The lowest BCUT2D eigenvalue weighted by Crippen LogP contribution is -2.54. The molecule has 1 unspecified atom stereocenters. The number of amides is 1. The van der Waals surface area contributed by atoms with E-state index in [0.29, 0.717) is 49.2 Å². The summed E-state index contributed by atoms with van der Waals surface area (Å²) < 4.78 is 50.7. The van der Waals surface area contributed by atoms with Gasteiger partial charge in [0.25, 0.3) is 5.91 Å². The fourth-order valence-corrected chi connectivity index (χ4v) is 5.93. The summed E-state index contributed by atoms with van der Waals surface area (Å²) in [7, 11) is 0. The zero-order valence-corrected chi connectivity index (χ0v) is 19.0. The molecule has 5 aromatic rings. The molecule has 0 bridgehead atoms. The van der Waals surface area contributed by atoms with Crippen LogP contribution in [0.15, 0.2) is 36.4 Å². The van der Waals surface area contributed by atoms with E-state index < -0.39 is 54.9 Å². The van der Waals surface area contributed by atoms with Crippen molar-refractivity contribution in [3.05, 3.63) is 59.2 Å². The van der Waals surface area contributed by atoms with Gasteiger partial charge in [0, 0.05) is 33.6 Å². The Bertz CT molecular complexity index is 1780. The van der Waals surface area contributed by atoms with E-state index in [4.69, 9.17) is 4.74 Å². The maximum Gasteiger partial charge on any atom is 0.252 e. The molecule has 2 aromatic heterocycles. The van der Waals surface area contributed by atoms with Crippen LogP contribution in [-0.4, -0.2) is 61.9 Å². The molecule has 1 saturated heterocycles. The van der Waals surface area contributed by atoms with E-state index in [1.54, 1.807) is 6.07 Å². The number of benzene rings is 3. The number of carbonyl (C=O) groups excluding carboxylic acids is 1. The molecule has 5 N–H and O–H groups in total. The van der Waals surface area contributed by atoms with Crippen LogP contribution in [0, 0.1) is 11.6 Å². The Morgan fingerprint density at radius 2 is 1.76 bits per heavy atom. The average molecular weight is 511 g/mol. The highest BCUT2D eigenvalue weighted by molar-refractivity contribution is 6.30. The van der Waals surface area contributed by atoms with E-state index in [9.17, 15) is 33.3 Å². The molecule has 0 spiro atoms. The van der Waals surface area contributed by atoms with E-state index in [1.807, 2.05) is 0 Å². The van der Waals surface area contributed by atoms with E-state index in [1.165, 1.54) is 34.9 Å². The number of nitrogens with one attached hydrogen (secondary N) is 2. The van der Waals surface area contributed by atoms with E-state index in [0.717, 1.165) is 0 Å². The molecular weight excluding hydrogens is 491 g/mol. The van der Waals surface area contributed by atoms with Crippen LogP contribution in [-0.2, 0) is 11.3 Å². The van der Waals surface area contributed by atoms with Gasteiger partial charge in [-0.1, -0.05) is 0 Å². The summed E-state index contributed by atoms with van der Waals surface area (Å²) in [6, 6.07) is 8.09. The molecule has 0 radical (unpaired) electrons. The van der Waals surface area contributed by atoms with Gasteiger partial charge in [-0.3, -0.25) is 4.79 Å². The third-order valence-corrected chi connectivity index (χ3v) is 7.54. The molecule has 8 nitrogen and oxygen atoms in total. The van der Waals surface area contributed by atoms with Gasteiger partial charge >= 0.3 is 0 Å². The highest BCUT2D eigenvalue weighted by Crippen LogP contribution is 2.46. The van der Waals surface area contributed by atoms with E-state index in [-0.39, 0.29) is 12.1 Å². The minimum Gasteiger partial charge on any atom is -0.394 e. The molecule has 4 heterocycles. The highest BCUT2D eigenvalue weighted by atomic mass is 19.1. The molecule has 5 atom stereocenters. The largest absolute Gasteiger partial charge is 0.394 e. The number of alkyl halides is 1. The standard InChI is InChI=1S/C26H20F3N3O5/c27-9-1-3-14-11(5-9)17-13-7-30-25(36)19(13)18-12-6-10(28)2-4-15(12)32(22(18)21(17)31-14)26-24(35)23(34)20(29)16(8-33)37-26/h1-6,16,20,23-24,26,31,33-35H,7-8H2,(H,30,36)/t16-,20?,23+,24-,26-/m1/s1. The third kappa shape index (κ3) is 2.90. The number of rotatable bonds is 2. The van der Waals surface area contributed by atoms with Crippen LogP contribution in [0.5, 0.6) is 0 Å². The number of aromatic nitrogens is 2. The number of halogens is 3. The number of aromatic amines is 1. The Labute approximate surface area is 205 Å². The molecule has 11 heteroatoms. The van der Waals surface area contributed by atoms with Crippen LogP contribution in [0.2, 0.25) is 0 Å². The normalized spacial score (nSPS) is 26.0. The molecular formula is C26H20F3N3O5. The van der Waals surface area contributed by atoms with Crippen molar-refractivity contribution < 1.29 is 38.0 Å². The van der Waals surface area contributed by atoms with Gasteiger partial charge in [0.15, 0.2) is 12.4 Å². The van der Waals surface area contributed by atoms with Crippen LogP contribution < -0.4 is 5.32 Å². The first-order chi connectivity index (χ1) is 17.8. The van der Waals surface area contributed by atoms with Gasteiger partial charge < -0.3 is 34.9 Å². The fourth-order valence-electron chi connectivity index (χ4n) is 5.93. The summed E-state index contributed by atoms with van der Waals surface area (Å²) in [5, 5.41) is 35.7. The molecule has 1 amide bonds. The van der Waals surface area contributed by atoms with Gasteiger partial charge in [0.05, 0.1) is 28.7 Å². The number of aliphatic hydroxyl groups is 3. The van der Waals surface area contributed by atoms with Crippen molar-refractivity contribution in [1.82, 2.24) is 14.9 Å². The first kappa shape index (κ1) is 22.5. The zero-order valence-electron chi connectivity index (χ0n) is 19.0. The van der Waals surface area contributed by atoms with Gasteiger partial charge in [-0.25, -0.2) is 13.2 Å². The molecule has 2 aliphatic rings. The molecule has 1 fully saturated rings. The maximum absolute atomic E-state index is 14.6. The van der Waals surface area contributed by atoms with Crippen molar-refractivity contribution in [2.24, 2.45) is 0 Å². The number of fused-ring (bicyclic) bond motifs is 10. The van der Waals surface area contributed by atoms with Crippen LogP contribution in [0.25, 0.3) is 43.6 Å². The number of aliphatic hydroxyl groups excluding tert-OH is 3. The summed E-state index contributed by atoms with van der Waals surface area (Å²) in [6.07, 6.45) is -8.54. The molecule has 3 aromatic carbocycles. The summed E-state index contributed by atoms with van der Waals surface area (Å²) in [5.41, 5.74) is 2.60. The quantitative estimate of drug-likeness (QED) is 0.250. The first-order valence-electron chi connectivity index (χ1n) is 11.7. The summed E-state index contributed by atoms with van der Waals surface area (Å²) in [6.45, 7) is -0.588. The molecule has 7 rings (SSSR count). The predicted molar refractivity (Wildman–Crippen MR) is 128 cm³/mol. The lowest BCUT2D eigenvalue weighted by atomic mass is 9.96. The van der Waals surface area contributed by atoms with E-state index >= 15 is 0 Å². The Kier molecular flexibility index (Phi) is 4.68. The third-order valence-electron chi connectivity index (χ3n) is 7.54. The average Bonchev–Trinajstić information content (AvgIpc) is 3.54. The van der Waals surface area contributed by atoms with Crippen molar-refractivity contribution in [2.75, 3.05) is 6.61 Å². The first-order valence-corrected chi connectivity index (χ1v) is 11.7. The van der Waals surface area contributed by atoms with Crippen molar-refractivity contribution in [2.45, 2.75) is 37.3 Å². The lowest BCUT2D eigenvalue weighted by molar-refractivity contribution is -0.233. The number of hydrogen-bond donors (Lipinski definition) is 5. The summed E-state index contributed by atoms with van der Waals surface area (Å²) in [5.74, 6) is -1.45. The van der Waals surface area contributed by atoms with Crippen molar-refractivity contribution in [3.63, 3.8) is 0 Å². The van der Waals surface area contributed by atoms with Crippen molar-refractivity contribution in [3.8, 4) is 0 Å². The summed E-state index contributed by atoms with van der Waals surface area (Å²) in [4.78, 5) is 16.4. The van der Waals surface area contributed by atoms with Gasteiger partial charge in [-0.2, -0.15) is 0 Å². The van der Waals surface area contributed by atoms with Crippen molar-refractivity contribution in [1.29, 1.82) is 0 Å². The number of hydrogen-bond acceptors (Lipinski definition) is 5. The topological polar surface area (TPSA) is 120 Å². The molecule has 2 aliphatic heterocycles. The van der Waals surface area contributed by atoms with Gasteiger partial charge in [-0.15, -0.1) is 0 Å². The zero-order chi connectivity index (χ0) is 25.7. The molecule has 0 saturated carbocycles. The second-order valence-corrected chi connectivity index (χ2v) is 9.53. The molecule has 0 aliphatic carbocycles. The second-order valence-electron chi connectivity index (χ2n) is 9.53. The highest BCUT2D eigenvalue weighted by Gasteiger charge is 2.46. The second kappa shape index (κ2) is 7.68. The van der Waals surface area contributed by atoms with Crippen molar-refractivity contribution >= 4 is 49.5 Å². The Morgan fingerprint density at radius 1 is 1.03 bits per heavy atom. The van der Waals surface area contributed by atoms with Gasteiger partial charge in [-0.05, 0) is 42.0 Å². The molecule has 37 heavy (non-hydrogen) atoms.